The Morgan fingerprint density at radius 3 is 1.90 bits per heavy atom. The van der Waals surface area contributed by atoms with Crippen LogP contribution in [0, 0.1) is 11.8 Å². The summed E-state index contributed by atoms with van der Waals surface area (Å²) in [6.07, 6.45) is 0.845. The second-order valence-electron chi connectivity index (χ2n) is 10.4. The minimum absolute atomic E-state index is 0.00840. The summed E-state index contributed by atoms with van der Waals surface area (Å²) in [7, 11) is 0. The molecule has 4 amide bonds. The summed E-state index contributed by atoms with van der Waals surface area (Å²) < 4.78 is 0. The highest BCUT2D eigenvalue weighted by Crippen LogP contribution is 2.13. The maximum atomic E-state index is 13.4. The average Bonchev–Trinajstić information content (AvgIpc) is 2.89. The standard InChI is InChI=1S/C27H43N5O8/c1-6-15(4)22(32-23(35)16(5)29-24(36)19(28)11-14(2)3)26(38)30-20(12-17-7-9-18(34)10-8-17)25(37)31-21(13-33)27(39)40/h7-10,14-16,19-22,33-34H,6,11-13,28H2,1-5H3,(H,29,36)(H,30,38)(H,31,37)(H,32,35)(H,39,40)/t15-,16-,19-,20-,21-,22-/m0/s1. The summed E-state index contributed by atoms with van der Waals surface area (Å²) >= 11 is 0. The molecule has 0 aromatic heterocycles. The van der Waals surface area contributed by atoms with Crippen LogP contribution in [0.2, 0.25) is 0 Å². The van der Waals surface area contributed by atoms with Crippen LogP contribution in [0.15, 0.2) is 24.3 Å². The second-order valence-corrected chi connectivity index (χ2v) is 10.4. The Kier molecular flexibility index (Phi) is 14.1. The van der Waals surface area contributed by atoms with Crippen molar-refractivity contribution < 1.29 is 39.3 Å². The highest BCUT2D eigenvalue weighted by molar-refractivity contribution is 5.95. The number of amides is 4. The minimum Gasteiger partial charge on any atom is -0.508 e. The SMILES string of the molecule is CC[C@H](C)[C@H](NC(=O)[C@H](C)NC(=O)[C@@H](N)CC(C)C)C(=O)N[C@@H](Cc1ccc(O)cc1)C(=O)N[C@@H](CO)C(=O)O. The van der Waals surface area contributed by atoms with E-state index in [1.54, 1.807) is 6.92 Å². The number of phenols is 1. The van der Waals surface area contributed by atoms with Gasteiger partial charge < -0.3 is 42.3 Å². The predicted molar refractivity (Wildman–Crippen MR) is 147 cm³/mol. The number of rotatable bonds is 16. The fraction of sp³-hybridized carbons (Fsp3) is 0.593. The molecule has 0 aliphatic carbocycles. The first-order chi connectivity index (χ1) is 18.7. The van der Waals surface area contributed by atoms with E-state index in [1.165, 1.54) is 31.2 Å². The molecule has 1 aromatic carbocycles. The Morgan fingerprint density at radius 2 is 1.40 bits per heavy atom. The smallest absolute Gasteiger partial charge is 0.328 e. The van der Waals surface area contributed by atoms with Gasteiger partial charge in [0.25, 0.3) is 0 Å². The van der Waals surface area contributed by atoms with Crippen LogP contribution in [-0.2, 0) is 30.4 Å². The molecule has 224 valence electrons. The molecular formula is C27H43N5O8. The van der Waals surface area contributed by atoms with Gasteiger partial charge in [-0.3, -0.25) is 19.2 Å². The zero-order chi connectivity index (χ0) is 30.6. The largest absolute Gasteiger partial charge is 0.508 e. The van der Waals surface area contributed by atoms with Crippen LogP contribution < -0.4 is 27.0 Å². The molecule has 13 heteroatoms. The number of hydrogen-bond donors (Lipinski definition) is 8. The van der Waals surface area contributed by atoms with Gasteiger partial charge in [-0.1, -0.05) is 46.2 Å². The van der Waals surface area contributed by atoms with Gasteiger partial charge in [0.1, 0.15) is 29.9 Å². The number of aliphatic carboxylic acids is 1. The highest BCUT2D eigenvalue weighted by Gasteiger charge is 2.33. The first-order valence-corrected chi connectivity index (χ1v) is 13.3. The van der Waals surface area contributed by atoms with E-state index in [2.05, 4.69) is 21.3 Å². The number of aromatic hydroxyl groups is 1. The number of aliphatic hydroxyl groups is 1. The lowest BCUT2D eigenvalue weighted by atomic mass is 9.96. The summed E-state index contributed by atoms with van der Waals surface area (Å²) in [6, 6.07) is 0.0945. The minimum atomic E-state index is -1.59. The third-order valence-electron chi connectivity index (χ3n) is 6.41. The van der Waals surface area contributed by atoms with Crippen molar-refractivity contribution >= 4 is 29.6 Å². The molecular weight excluding hydrogens is 522 g/mol. The van der Waals surface area contributed by atoms with Crippen LogP contribution in [0.3, 0.4) is 0 Å². The van der Waals surface area contributed by atoms with Gasteiger partial charge in [-0.2, -0.15) is 0 Å². The van der Waals surface area contributed by atoms with E-state index >= 15 is 0 Å². The Balaban J connectivity index is 3.10. The van der Waals surface area contributed by atoms with Crippen molar-refractivity contribution in [2.24, 2.45) is 17.6 Å². The van der Waals surface area contributed by atoms with Crippen molar-refractivity contribution in [3.8, 4) is 5.75 Å². The topological polar surface area (TPSA) is 220 Å². The predicted octanol–water partition coefficient (Wildman–Crippen LogP) is -0.610. The van der Waals surface area contributed by atoms with Gasteiger partial charge >= 0.3 is 5.97 Å². The number of carboxylic acid groups (broad SMARTS) is 1. The Morgan fingerprint density at radius 1 is 0.825 bits per heavy atom. The normalized spacial score (nSPS) is 15.6. The monoisotopic (exact) mass is 565 g/mol. The van der Waals surface area contributed by atoms with Crippen LogP contribution in [-0.4, -0.2) is 81.7 Å². The van der Waals surface area contributed by atoms with E-state index < -0.39 is 66.4 Å². The molecule has 0 bridgehead atoms. The molecule has 0 aliphatic rings. The number of nitrogens with two attached hydrogens (primary N) is 1. The van der Waals surface area contributed by atoms with E-state index in [9.17, 15) is 39.3 Å². The molecule has 0 fully saturated rings. The summed E-state index contributed by atoms with van der Waals surface area (Å²) in [5, 5.41) is 38.0. The molecule has 1 rings (SSSR count). The Hall–Kier alpha value is -3.71. The lowest BCUT2D eigenvalue weighted by Gasteiger charge is -2.28. The van der Waals surface area contributed by atoms with Crippen molar-refractivity contribution in [3.05, 3.63) is 29.8 Å². The summed E-state index contributed by atoms with van der Waals surface area (Å²) in [6.45, 7) is 7.97. The summed E-state index contributed by atoms with van der Waals surface area (Å²) in [4.78, 5) is 63.0. The number of aliphatic hydroxyl groups excluding tert-OH is 1. The molecule has 0 unspecified atom stereocenters. The van der Waals surface area contributed by atoms with E-state index in [1.807, 2.05) is 20.8 Å². The number of nitrogens with one attached hydrogen (secondary N) is 4. The zero-order valence-electron chi connectivity index (χ0n) is 23.6. The average molecular weight is 566 g/mol. The van der Waals surface area contributed by atoms with Crippen molar-refractivity contribution in [1.82, 2.24) is 21.3 Å². The fourth-order valence-electron chi connectivity index (χ4n) is 3.78. The quantitative estimate of drug-likeness (QED) is 0.128. The number of carboxylic acids is 1. The van der Waals surface area contributed by atoms with Crippen LogP contribution in [0.5, 0.6) is 5.75 Å². The summed E-state index contributed by atoms with van der Waals surface area (Å²) in [5.41, 5.74) is 6.44. The molecule has 0 aliphatic heterocycles. The highest BCUT2D eigenvalue weighted by atomic mass is 16.4. The van der Waals surface area contributed by atoms with Crippen LogP contribution in [0.1, 0.15) is 53.0 Å². The van der Waals surface area contributed by atoms with E-state index in [4.69, 9.17) is 5.73 Å². The molecule has 40 heavy (non-hydrogen) atoms. The first-order valence-electron chi connectivity index (χ1n) is 13.3. The molecule has 0 saturated heterocycles. The zero-order valence-corrected chi connectivity index (χ0v) is 23.6. The molecule has 9 N–H and O–H groups in total. The number of benzene rings is 1. The second kappa shape index (κ2) is 16.4. The Labute approximate surface area is 234 Å². The van der Waals surface area contributed by atoms with Crippen molar-refractivity contribution in [2.45, 2.75) is 84.1 Å². The third kappa shape index (κ3) is 11.2. The van der Waals surface area contributed by atoms with Crippen LogP contribution >= 0.6 is 0 Å². The number of hydrogen-bond acceptors (Lipinski definition) is 8. The van der Waals surface area contributed by atoms with Crippen molar-refractivity contribution in [1.29, 1.82) is 0 Å². The van der Waals surface area contributed by atoms with Crippen LogP contribution in [0.4, 0.5) is 0 Å². The number of phenolic OH excluding ortho intramolecular Hbond substituents is 1. The van der Waals surface area contributed by atoms with E-state index in [-0.39, 0.29) is 24.0 Å². The third-order valence-corrected chi connectivity index (χ3v) is 6.41. The lowest BCUT2D eigenvalue weighted by Crippen LogP contribution is -2.60. The number of carbonyl (C=O) groups excluding carboxylic acids is 4. The molecule has 0 heterocycles. The Bertz CT molecular complexity index is 1020. The van der Waals surface area contributed by atoms with Gasteiger partial charge in [0, 0.05) is 6.42 Å². The van der Waals surface area contributed by atoms with Gasteiger partial charge in [-0.05, 0) is 42.9 Å². The van der Waals surface area contributed by atoms with Crippen molar-refractivity contribution in [3.63, 3.8) is 0 Å². The lowest BCUT2D eigenvalue weighted by molar-refractivity contribution is -0.143. The molecule has 0 saturated carbocycles. The molecule has 6 atom stereocenters. The van der Waals surface area contributed by atoms with Gasteiger partial charge in [-0.15, -0.1) is 0 Å². The maximum Gasteiger partial charge on any atom is 0.328 e. The molecule has 1 aromatic rings. The molecule has 0 spiro atoms. The molecule has 0 radical (unpaired) electrons. The van der Waals surface area contributed by atoms with Crippen LogP contribution in [0.25, 0.3) is 0 Å². The van der Waals surface area contributed by atoms with Gasteiger partial charge in [0.15, 0.2) is 0 Å². The van der Waals surface area contributed by atoms with E-state index in [0.717, 1.165) is 0 Å². The molecule has 13 nitrogen and oxygen atoms in total. The summed E-state index contributed by atoms with van der Waals surface area (Å²) in [5.74, 6) is -4.36. The van der Waals surface area contributed by atoms with Crippen molar-refractivity contribution in [2.75, 3.05) is 6.61 Å². The first kappa shape index (κ1) is 34.3. The van der Waals surface area contributed by atoms with Gasteiger partial charge in [0.2, 0.25) is 23.6 Å². The van der Waals surface area contributed by atoms with E-state index in [0.29, 0.717) is 18.4 Å². The fourth-order valence-corrected chi connectivity index (χ4v) is 3.78. The number of carbonyl (C=O) groups is 5. The maximum absolute atomic E-state index is 13.4. The van der Waals surface area contributed by atoms with Gasteiger partial charge in [0.05, 0.1) is 12.6 Å². The van der Waals surface area contributed by atoms with Gasteiger partial charge in [-0.25, -0.2) is 4.79 Å².